The molecule has 136 valence electrons. The molecule has 2 aliphatic heterocycles. The van der Waals surface area contributed by atoms with Gasteiger partial charge in [0.1, 0.15) is 12.0 Å². The second-order valence-corrected chi connectivity index (χ2v) is 6.86. The van der Waals surface area contributed by atoms with Crippen molar-refractivity contribution in [1.82, 2.24) is 4.90 Å². The first kappa shape index (κ1) is 16.9. The van der Waals surface area contributed by atoms with Gasteiger partial charge in [0, 0.05) is 12.6 Å². The fourth-order valence-corrected chi connectivity index (χ4v) is 4.17. The third kappa shape index (κ3) is 2.92. The van der Waals surface area contributed by atoms with Gasteiger partial charge < -0.3 is 19.0 Å². The van der Waals surface area contributed by atoms with Crippen molar-refractivity contribution < 1.29 is 19.0 Å². The molecule has 0 amide bonds. The highest BCUT2D eigenvalue weighted by Gasteiger charge is 2.35. The molecule has 0 aromatic heterocycles. The van der Waals surface area contributed by atoms with Gasteiger partial charge in [-0.1, -0.05) is 18.2 Å². The summed E-state index contributed by atoms with van der Waals surface area (Å²) < 4.78 is 16.4. The number of aldehydes is 1. The van der Waals surface area contributed by atoms with Crippen molar-refractivity contribution in [2.24, 2.45) is 0 Å². The molecular formula is C21H23NO4. The number of ether oxygens (including phenoxy) is 3. The van der Waals surface area contributed by atoms with Gasteiger partial charge in [-0.2, -0.15) is 0 Å². The lowest BCUT2D eigenvalue weighted by molar-refractivity contribution is -0.109. The van der Waals surface area contributed by atoms with Crippen LogP contribution in [0.25, 0.3) is 0 Å². The minimum Gasteiger partial charge on any atom is -0.497 e. The normalized spacial score (nSPS) is 21.8. The van der Waals surface area contributed by atoms with Crippen molar-refractivity contribution in [3.63, 3.8) is 0 Å². The van der Waals surface area contributed by atoms with E-state index in [-0.39, 0.29) is 12.8 Å². The highest BCUT2D eigenvalue weighted by Crippen LogP contribution is 2.45. The maximum absolute atomic E-state index is 11.2. The van der Waals surface area contributed by atoms with Crippen LogP contribution in [0.15, 0.2) is 36.4 Å². The molecule has 2 aromatic rings. The van der Waals surface area contributed by atoms with Gasteiger partial charge in [-0.15, -0.1) is 0 Å². The summed E-state index contributed by atoms with van der Waals surface area (Å²) in [7, 11) is 1.67. The number of hydrogen-bond donors (Lipinski definition) is 0. The third-order valence-corrected chi connectivity index (χ3v) is 5.48. The predicted octanol–water partition coefficient (Wildman–Crippen LogP) is 3.46. The van der Waals surface area contributed by atoms with Gasteiger partial charge in [0.2, 0.25) is 6.79 Å². The van der Waals surface area contributed by atoms with Crippen LogP contribution in [0.3, 0.4) is 0 Å². The van der Waals surface area contributed by atoms with Gasteiger partial charge in [-0.3, -0.25) is 4.90 Å². The smallest absolute Gasteiger partial charge is 0.231 e. The van der Waals surface area contributed by atoms with E-state index in [1.54, 1.807) is 7.11 Å². The van der Waals surface area contributed by atoms with Crippen molar-refractivity contribution in [2.75, 3.05) is 27.0 Å². The Labute approximate surface area is 153 Å². The molecule has 2 heterocycles. The molecule has 5 nitrogen and oxygen atoms in total. The SMILES string of the molecule is COc1ccc(C2C[C@@H](c3ccc4c(c3C)OCO4)CN2CC=O)cc1. The van der Waals surface area contributed by atoms with E-state index in [4.69, 9.17) is 14.2 Å². The minimum atomic E-state index is 0.223. The van der Waals surface area contributed by atoms with E-state index in [9.17, 15) is 4.79 Å². The molecule has 0 aliphatic carbocycles. The summed E-state index contributed by atoms with van der Waals surface area (Å²) in [4.78, 5) is 13.5. The van der Waals surface area contributed by atoms with E-state index >= 15 is 0 Å². The summed E-state index contributed by atoms with van der Waals surface area (Å²) in [6.45, 7) is 3.68. The number of rotatable bonds is 5. The van der Waals surface area contributed by atoms with E-state index in [1.165, 1.54) is 11.1 Å². The van der Waals surface area contributed by atoms with E-state index in [2.05, 4.69) is 30.0 Å². The predicted molar refractivity (Wildman–Crippen MR) is 98.0 cm³/mol. The molecule has 5 heteroatoms. The minimum absolute atomic E-state index is 0.223. The number of fused-ring (bicyclic) bond motifs is 1. The van der Waals surface area contributed by atoms with Gasteiger partial charge in [-0.05, 0) is 54.2 Å². The van der Waals surface area contributed by atoms with Gasteiger partial charge in [0.05, 0.1) is 13.7 Å². The number of likely N-dealkylation sites (tertiary alicyclic amines) is 1. The van der Waals surface area contributed by atoms with E-state index in [1.807, 2.05) is 18.2 Å². The molecule has 0 spiro atoms. The number of methoxy groups -OCH3 is 1. The summed E-state index contributed by atoms with van der Waals surface area (Å²) in [5, 5.41) is 0. The number of carbonyl (C=O) groups is 1. The monoisotopic (exact) mass is 353 g/mol. The van der Waals surface area contributed by atoms with E-state index in [0.717, 1.165) is 42.1 Å². The molecule has 0 saturated carbocycles. The Kier molecular flexibility index (Phi) is 4.55. The fraction of sp³-hybridized carbons (Fsp3) is 0.381. The zero-order valence-corrected chi connectivity index (χ0v) is 15.1. The lowest BCUT2D eigenvalue weighted by Gasteiger charge is -2.22. The van der Waals surface area contributed by atoms with Crippen LogP contribution in [0.4, 0.5) is 0 Å². The molecule has 2 aromatic carbocycles. The standard InChI is InChI=1S/C21H23NO4/c1-14-18(7-8-20-21(14)26-13-25-20)16-11-19(22(12-16)9-10-23)15-3-5-17(24-2)6-4-15/h3-8,10,16,19H,9,11-13H2,1-2H3/t16-,19?/m1/s1. The third-order valence-electron chi connectivity index (χ3n) is 5.48. The zero-order chi connectivity index (χ0) is 18.1. The molecule has 0 radical (unpaired) electrons. The van der Waals surface area contributed by atoms with Gasteiger partial charge >= 0.3 is 0 Å². The second-order valence-electron chi connectivity index (χ2n) is 6.86. The van der Waals surface area contributed by atoms with E-state index < -0.39 is 0 Å². The van der Waals surface area contributed by atoms with Crippen LogP contribution in [0.2, 0.25) is 0 Å². The van der Waals surface area contributed by atoms with Crippen LogP contribution in [-0.4, -0.2) is 38.2 Å². The largest absolute Gasteiger partial charge is 0.497 e. The average molecular weight is 353 g/mol. The molecule has 2 atom stereocenters. The highest BCUT2D eigenvalue weighted by atomic mass is 16.7. The summed E-state index contributed by atoms with van der Waals surface area (Å²) in [5.41, 5.74) is 3.64. The van der Waals surface area contributed by atoms with Crippen LogP contribution in [0, 0.1) is 6.92 Å². The Morgan fingerprint density at radius 2 is 2.00 bits per heavy atom. The van der Waals surface area contributed by atoms with Crippen molar-refractivity contribution in [3.8, 4) is 17.2 Å². The number of benzene rings is 2. The Morgan fingerprint density at radius 3 is 2.73 bits per heavy atom. The van der Waals surface area contributed by atoms with Crippen LogP contribution in [0.1, 0.15) is 35.1 Å². The van der Waals surface area contributed by atoms with Crippen molar-refractivity contribution in [1.29, 1.82) is 0 Å². The molecular weight excluding hydrogens is 330 g/mol. The topological polar surface area (TPSA) is 48.0 Å². The lowest BCUT2D eigenvalue weighted by atomic mass is 9.90. The summed E-state index contributed by atoms with van der Waals surface area (Å²) in [6, 6.07) is 12.5. The molecule has 1 fully saturated rings. The maximum atomic E-state index is 11.2. The molecule has 1 unspecified atom stereocenters. The average Bonchev–Trinajstić information content (AvgIpc) is 3.30. The molecule has 1 saturated heterocycles. The Balaban J connectivity index is 1.62. The Morgan fingerprint density at radius 1 is 1.19 bits per heavy atom. The lowest BCUT2D eigenvalue weighted by Crippen LogP contribution is -2.25. The summed E-state index contributed by atoms with van der Waals surface area (Å²) in [5.74, 6) is 2.88. The summed E-state index contributed by atoms with van der Waals surface area (Å²) >= 11 is 0. The zero-order valence-electron chi connectivity index (χ0n) is 15.1. The van der Waals surface area contributed by atoms with Crippen LogP contribution < -0.4 is 14.2 Å². The van der Waals surface area contributed by atoms with Crippen LogP contribution in [0.5, 0.6) is 17.2 Å². The number of carbonyl (C=O) groups excluding carboxylic acids is 1. The quantitative estimate of drug-likeness (QED) is 0.771. The number of nitrogens with zero attached hydrogens (tertiary/aromatic N) is 1. The van der Waals surface area contributed by atoms with Crippen LogP contribution in [-0.2, 0) is 4.79 Å². The Hall–Kier alpha value is -2.53. The Bertz CT molecular complexity index is 802. The molecule has 2 aliphatic rings. The first-order valence-corrected chi connectivity index (χ1v) is 8.92. The van der Waals surface area contributed by atoms with Gasteiger partial charge in [0.15, 0.2) is 11.5 Å². The van der Waals surface area contributed by atoms with Gasteiger partial charge in [-0.25, -0.2) is 0 Å². The highest BCUT2D eigenvalue weighted by molar-refractivity contribution is 5.54. The second kappa shape index (κ2) is 7.00. The van der Waals surface area contributed by atoms with E-state index in [0.29, 0.717) is 12.5 Å². The molecule has 0 N–H and O–H groups in total. The number of hydrogen-bond acceptors (Lipinski definition) is 5. The van der Waals surface area contributed by atoms with Crippen LogP contribution >= 0.6 is 0 Å². The molecule has 0 bridgehead atoms. The maximum Gasteiger partial charge on any atom is 0.231 e. The first-order valence-electron chi connectivity index (χ1n) is 8.92. The van der Waals surface area contributed by atoms with Crippen molar-refractivity contribution in [3.05, 3.63) is 53.1 Å². The first-order chi connectivity index (χ1) is 12.7. The molecule has 26 heavy (non-hydrogen) atoms. The fourth-order valence-electron chi connectivity index (χ4n) is 4.17. The van der Waals surface area contributed by atoms with Gasteiger partial charge in [0.25, 0.3) is 0 Å². The van der Waals surface area contributed by atoms with Crippen molar-refractivity contribution >= 4 is 6.29 Å². The summed E-state index contributed by atoms with van der Waals surface area (Å²) in [6.07, 6.45) is 1.96. The molecule has 4 rings (SSSR count). The van der Waals surface area contributed by atoms with Crippen molar-refractivity contribution in [2.45, 2.75) is 25.3 Å².